The standard InChI is InChI=1S/C12H13ClN2/c13-12-4-2-9(6-15-12)10-3-1-8-5-14-7-11(8)10/h2-4,6,8,11,14H,1,5,7H2/t8-,11+/m1/s1. The number of pyridine rings is 1. The van der Waals surface area contributed by atoms with Gasteiger partial charge in [0.15, 0.2) is 0 Å². The molecule has 2 nitrogen and oxygen atoms in total. The van der Waals surface area contributed by atoms with Crippen LogP contribution in [0.1, 0.15) is 12.0 Å². The van der Waals surface area contributed by atoms with Gasteiger partial charge in [-0.2, -0.15) is 0 Å². The van der Waals surface area contributed by atoms with Crippen molar-refractivity contribution in [2.75, 3.05) is 13.1 Å². The van der Waals surface area contributed by atoms with Crippen molar-refractivity contribution in [1.29, 1.82) is 0 Å². The van der Waals surface area contributed by atoms with Crippen LogP contribution in [0.2, 0.25) is 5.15 Å². The average molecular weight is 221 g/mol. The maximum atomic E-state index is 5.79. The van der Waals surface area contributed by atoms with Crippen LogP contribution in [0, 0.1) is 11.8 Å². The first-order valence-electron chi connectivity index (χ1n) is 5.37. The molecule has 0 saturated carbocycles. The smallest absolute Gasteiger partial charge is 0.129 e. The Morgan fingerprint density at radius 2 is 2.27 bits per heavy atom. The fourth-order valence-electron chi connectivity index (χ4n) is 2.65. The third-order valence-corrected chi connectivity index (χ3v) is 3.66. The van der Waals surface area contributed by atoms with E-state index in [9.17, 15) is 0 Å². The monoisotopic (exact) mass is 220 g/mol. The first-order valence-corrected chi connectivity index (χ1v) is 5.75. The predicted octanol–water partition coefficient (Wildman–Crippen LogP) is 2.36. The average Bonchev–Trinajstić information content (AvgIpc) is 2.80. The maximum absolute atomic E-state index is 5.79. The zero-order valence-corrected chi connectivity index (χ0v) is 9.17. The van der Waals surface area contributed by atoms with E-state index in [1.807, 2.05) is 12.3 Å². The van der Waals surface area contributed by atoms with E-state index in [2.05, 4.69) is 22.4 Å². The molecule has 1 fully saturated rings. The van der Waals surface area contributed by atoms with Crippen LogP contribution >= 0.6 is 11.6 Å². The number of aromatic nitrogens is 1. The Hall–Kier alpha value is -0.860. The van der Waals surface area contributed by atoms with Crippen molar-refractivity contribution in [3.8, 4) is 0 Å². The summed E-state index contributed by atoms with van der Waals surface area (Å²) in [5.74, 6) is 1.49. The van der Waals surface area contributed by atoms with Gasteiger partial charge < -0.3 is 5.32 Å². The number of fused-ring (bicyclic) bond motifs is 1. The lowest BCUT2D eigenvalue weighted by atomic mass is 9.91. The Morgan fingerprint density at radius 3 is 3.07 bits per heavy atom. The highest BCUT2D eigenvalue weighted by atomic mass is 35.5. The highest BCUT2D eigenvalue weighted by Crippen LogP contribution is 2.39. The molecule has 15 heavy (non-hydrogen) atoms. The van der Waals surface area contributed by atoms with E-state index in [0.29, 0.717) is 11.1 Å². The van der Waals surface area contributed by atoms with Gasteiger partial charge in [-0.15, -0.1) is 0 Å². The Morgan fingerprint density at radius 1 is 1.33 bits per heavy atom. The van der Waals surface area contributed by atoms with Gasteiger partial charge in [0.2, 0.25) is 0 Å². The van der Waals surface area contributed by atoms with Gasteiger partial charge in [-0.3, -0.25) is 0 Å². The summed E-state index contributed by atoms with van der Waals surface area (Å²) in [5.41, 5.74) is 2.68. The molecular weight excluding hydrogens is 208 g/mol. The fraction of sp³-hybridized carbons (Fsp3) is 0.417. The highest BCUT2D eigenvalue weighted by Gasteiger charge is 2.33. The lowest BCUT2D eigenvalue weighted by Crippen LogP contribution is -2.09. The third kappa shape index (κ3) is 1.58. The van der Waals surface area contributed by atoms with Gasteiger partial charge in [0.25, 0.3) is 0 Å². The molecule has 1 aromatic heterocycles. The van der Waals surface area contributed by atoms with E-state index < -0.39 is 0 Å². The quantitative estimate of drug-likeness (QED) is 0.735. The van der Waals surface area contributed by atoms with E-state index in [0.717, 1.165) is 19.0 Å². The number of nitrogens with zero attached hydrogens (tertiary/aromatic N) is 1. The van der Waals surface area contributed by atoms with Gasteiger partial charge in [0.05, 0.1) is 0 Å². The Balaban J connectivity index is 1.91. The number of hydrogen-bond donors (Lipinski definition) is 1. The second-order valence-electron chi connectivity index (χ2n) is 4.29. The van der Waals surface area contributed by atoms with Crippen LogP contribution in [0.3, 0.4) is 0 Å². The first kappa shape index (κ1) is 9.37. The summed E-state index contributed by atoms with van der Waals surface area (Å²) in [4.78, 5) is 4.14. The minimum absolute atomic E-state index is 0.568. The molecule has 1 saturated heterocycles. The molecule has 0 unspecified atom stereocenters. The number of rotatable bonds is 1. The molecule has 0 amide bonds. The summed E-state index contributed by atoms with van der Waals surface area (Å²) < 4.78 is 0. The van der Waals surface area contributed by atoms with Gasteiger partial charge in [-0.1, -0.05) is 23.7 Å². The largest absolute Gasteiger partial charge is 0.316 e. The second-order valence-corrected chi connectivity index (χ2v) is 4.68. The lowest BCUT2D eigenvalue weighted by Gasteiger charge is -2.12. The van der Waals surface area contributed by atoms with Crippen molar-refractivity contribution in [3.05, 3.63) is 35.1 Å². The van der Waals surface area contributed by atoms with Gasteiger partial charge in [-0.05, 0) is 36.1 Å². The molecule has 0 bridgehead atoms. The summed E-state index contributed by atoms with van der Waals surface area (Å²) in [6, 6.07) is 3.94. The lowest BCUT2D eigenvalue weighted by molar-refractivity contribution is 0.542. The highest BCUT2D eigenvalue weighted by molar-refractivity contribution is 6.29. The molecule has 1 aliphatic carbocycles. The van der Waals surface area contributed by atoms with Gasteiger partial charge >= 0.3 is 0 Å². The van der Waals surface area contributed by atoms with Crippen LogP contribution in [0.5, 0.6) is 0 Å². The molecular formula is C12H13ClN2. The molecule has 2 aliphatic rings. The van der Waals surface area contributed by atoms with Crippen LogP contribution < -0.4 is 5.32 Å². The van der Waals surface area contributed by atoms with Gasteiger partial charge in [0, 0.05) is 18.7 Å². The SMILES string of the molecule is Clc1ccc(C2=CC[C@@H]3CNC[C@H]23)cn1. The van der Waals surface area contributed by atoms with E-state index in [1.54, 1.807) is 0 Å². The van der Waals surface area contributed by atoms with Crippen molar-refractivity contribution in [2.45, 2.75) is 6.42 Å². The molecule has 0 radical (unpaired) electrons. The molecule has 1 aromatic rings. The fourth-order valence-corrected chi connectivity index (χ4v) is 2.76. The Kier molecular flexibility index (Phi) is 2.26. The minimum Gasteiger partial charge on any atom is -0.316 e. The van der Waals surface area contributed by atoms with E-state index >= 15 is 0 Å². The molecule has 3 rings (SSSR count). The molecule has 0 aromatic carbocycles. The van der Waals surface area contributed by atoms with Crippen molar-refractivity contribution in [2.24, 2.45) is 11.8 Å². The molecule has 2 atom stereocenters. The molecule has 78 valence electrons. The second kappa shape index (κ2) is 3.62. The zero-order valence-electron chi connectivity index (χ0n) is 8.41. The van der Waals surface area contributed by atoms with Crippen molar-refractivity contribution < 1.29 is 0 Å². The minimum atomic E-state index is 0.568. The molecule has 1 N–H and O–H groups in total. The summed E-state index contributed by atoms with van der Waals surface area (Å²) in [7, 11) is 0. The molecule has 3 heteroatoms. The summed E-state index contributed by atoms with van der Waals surface area (Å²) in [6.07, 6.45) is 5.45. The van der Waals surface area contributed by atoms with Crippen LogP contribution in [0.25, 0.3) is 5.57 Å². The number of nitrogens with one attached hydrogen (secondary N) is 1. The summed E-state index contributed by atoms with van der Waals surface area (Å²) >= 11 is 5.79. The number of allylic oxidation sites excluding steroid dienone is 1. The van der Waals surface area contributed by atoms with E-state index in [1.165, 1.54) is 17.6 Å². The Labute approximate surface area is 94.4 Å². The van der Waals surface area contributed by atoms with E-state index in [4.69, 9.17) is 11.6 Å². The number of hydrogen-bond acceptors (Lipinski definition) is 2. The molecule has 2 heterocycles. The van der Waals surface area contributed by atoms with Crippen LogP contribution in [0.4, 0.5) is 0 Å². The van der Waals surface area contributed by atoms with Crippen LogP contribution in [-0.4, -0.2) is 18.1 Å². The van der Waals surface area contributed by atoms with Crippen LogP contribution in [0.15, 0.2) is 24.4 Å². The zero-order chi connectivity index (χ0) is 10.3. The van der Waals surface area contributed by atoms with Crippen molar-refractivity contribution in [3.63, 3.8) is 0 Å². The van der Waals surface area contributed by atoms with E-state index in [-0.39, 0.29) is 0 Å². The molecule has 0 spiro atoms. The molecule has 1 aliphatic heterocycles. The topological polar surface area (TPSA) is 24.9 Å². The normalized spacial score (nSPS) is 29.0. The van der Waals surface area contributed by atoms with Crippen LogP contribution in [-0.2, 0) is 0 Å². The Bertz CT molecular complexity index is 397. The van der Waals surface area contributed by atoms with Crippen molar-refractivity contribution >= 4 is 17.2 Å². The predicted molar refractivity (Wildman–Crippen MR) is 61.7 cm³/mol. The third-order valence-electron chi connectivity index (χ3n) is 3.44. The van der Waals surface area contributed by atoms with Crippen molar-refractivity contribution in [1.82, 2.24) is 10.3 Å². The van der Waals surface area contributed by atoms with Gasteiger partial charge in [0.1, 0.15) is 5.15 Å². The number of halogens is 1. The van der Waals surface area contributed by atoms with Gasteiger partial charge in [-0.25, -0.2) is 4.98 Å². The summed E-state index contributed by atoms with van der Waals surface area (Å²) in [5, 5.41) is 4.02. The summed E-state index contributed by atoms with van der Waals surface area (Å²) in [6.45, 7) is 2.27. The first-order chi connectivity index (χ1) is 7.34. The maximum Gasteiger partial charge on any atom is 0.129 e.